The number of aromatic nitrogens is 2. The zero-order chi connectivity index (χ0) is 22.7. The van der Waals surface area contributed by atoms with Gasteiger partial charge in [-0.15, -0.1) is 0 Å². The predicted octanol–water partition coefficient (Wildman–Crippen LogP) is 1.93. The number of nitrogens with one attached hydrogen (secondary N) is 1. The predicted molar refractivity (Wildman–Crippen MR) is 123 cm³/mol. The summed E-state index contributed by atoms with van der Waals surface area (Å²) in [6, 6.07) is 9.32. The Bertz CT molecular complexity index is 972. The number of hydrogen-bond donors (Lipinski definition) is 1. The van der Waals surface area contributed by atoms with Gasteiger partial charge in [-0.1, -0.05) is 0 Å². The van der Waals surface area contributed by atoms with E-state index < -0.39 is 0 Å². The van der Waals surface area contributed by atoms with Crippen LogP contribution in [0.2, 0.25) is 0 Å². The number of aryl methyl sites for hydroxylation is 1. The maximum Gasteiger partial charge on any atom is 0.228 e. The van der Waals surface area contributed by atoms with E-state index in [2.05, 4.69) is 20.2 Å². The summed E-state index contributed by atoms with van der Waals surface area (Å²) < 4.78 is 5.18. The Hall–Kier alpha value is -3.36. The van der Waals surface area contributed by atoms with E-state index in [9.17, 15) is 9.59 Å². The van der Waals surface area contributed by atoms with Crippen molar-refractivity contribution in [3.8, 4) is 5.75 Å². The second-order valence-electron chi connectivity index (χ2n) is 8.10. The van der Waals surface area contributed by atoms with E-state index >= 15 is 0 Å². The van der Waals surface area contributed by atoms with Crippen molar-refractivity contribution >= 4 is 29.1 Å². The number of carbonyl (C=O) groups excluding carboxylic acids is 2. The third-order valence-electron chi connectivity index (χ3n) is 5.96. The summed E-state index contributed by atoms with van der Waals surface area (Å²) in [4.78, 5) is 40.4. The van der Waals surface area contributed by atoms with Crippen LogP contribution in [0.5, 0.6) is 5.75 Å². The molecule has 1 atom stereocenters. The topological polar surface area (TPSA) is 90.9 Å². The molecule has 0 spiro atoms. The summed E-state index contributed by atoms with van der Waals surface area (Å²) in [6.45, 7) is 7.78. The highest BCUT2D eigenvalue weighted by Gasteiger charge is 2.38. The Kier molecular flexibility index (Phi) is 6.43. The summed E-state index contributed by atoms with van der Waals surface area (Å²) in [5.41, 5.74) is 0.798. The minimum absolute atomic E-state index is 0.0143. The third-order valence-corrected chi connectivity index (χ3v) is 5.96. The molecule has 9 nitrogen and oxygen atoms in total. The van der Waals surface area contributed by atoms with E-state index in [4.69, 9.17) is 4.74 Å². The number of piperazine rings is 1. The van der Waals surface area contributed by atoms with E-state index in [-0.39, 0.29) is 24.2 Å². The van der Waals surface area contributed by atoms with Gasteiger partial charge in [-0.05, 0) is 38.1 Å². The lowest BCUT2D eigenvalue weighted by atomic mass is 10.1. The molecule has 0 radical (unpaired) electrons. The number of ether oxygens (including phenoxy) is 1. The highest BCUT2D eigenvalue weighted by molar-refractivity contribution is 6.00. The number of benzene rings is 1. The van der Waals surface area contributed by atoms with E-state index in [1.807, 2.05) is 49.1 Å². The van der Waals surface area contributed by atoms with Gasteiger partial charge in [-0.25, -0.2) is 9.97 Å². The smallest absolute Gasteiger partial charge is 0.228 e. The number of hydrogen-bond acceptors (Lipinski definition) is 7. The molecule has 0 bridgehead atoms. The average molecular weight is 439 g/mol. The summed E-state index contributed by atoms with van der Waals surface area (Å²) in [5, 5.41) is 3.23. The average Bonchev–Trinajstić information content (AvgIpc) is 3.20. The minimum Gasteiger partial charge on any atom is -0.497 e. The zero-order valence-corrected chi connectivity index (χ0v) is 18.9. The van der Waals surface area contributed by atoms with Crippen molar-refractivity contribution in [3.63, 3.8) is 0 Å². The first-order chi connectivity index (χ1) is 15.5. The first kappa shape index (κ1) is 21.9. The van der Waals surface area contributed by atoms with Gasteiger partial charge in [0.25, 0.3) is 0 Å². The van der Waals surface area contributed by atoms with Gasteiger partial charge in [0.1, 0.15) is 23.2 Å². The van der Waals surface area contributed by atoms with Gasteiger partial charge in [0.15, 0.2) is 0 Å². The molecule has 1 N–H and O–H groups in total. The lowest BCUT2D eigenvalue weighted by Gasteiger charge is -2.36. The first-order valence-electron chi connectivity index (χ1n) is 11.1. The Balaban J connectivity index is 1.36. The third kappa shape index (κ3) is 4.61. The van der Waals surface area contributed by atoms with E-state index in [0.717, 1.165) is 35.4 Å². The molecule has 2 aromatic rings. The van der Waals surface area contributed by atoms with Crippen LogP contribution in [0.25, 0.3) is 0 Å². The Morgan fingerprint density at radius 2 is 1.88 bits per heavy atom. The molecule has 1 aromatic heterocycles. The fourth-order valence-electron chi connectivity index (χ4n) is 4.28. The molecule has 2 aliphatic heterocycles. The van der Waals surface area contributed by atoms with Crippen LogP contribution >= 0.6 is 0 Å². The van der Waals surface area contributed by atoms with Crippen molar-refractivity contribution in [1.82, 2.24) is 14.9 Å². The van der Waals surface area contributed by atoms with Crippen LogP contribution in [0.3, 0.4) is 0 Å². The minimum atomic E-state index is -0.308. The molecule has 3 heterocycles. The Labute approximate surface area is 188 Å². The van der Waals surface area contributed by atoms with E-state index in [1.165, 1.54) is 0 Å². The molecule has 4 rings (SSSR count). The van der Waals surface area contributed by atoms with Gasteiger partial charge < -0.3 is 24.8 Å². The van der Waals surface area contributed by atoms with Crippen LogP contribution in [-0.2, 0) is 9.59 Å². The van der Waals surface area contributed by atoms with Crippen molar-refractivity contribution in [2.45, 2.75) is 20.3 Å². The molecule has 2 fully saturated rings. The maximum absolute atomic E-state index is 13.1. The van der Waals surface area contributed by atoms with Crippen molar-refractivity contribution in [2.24, 2.45) is 5.92 Å². The van der Waals surface area contributed by atoms with Gasteiger partial charge in [0.2, 0.25) is 11.8 Å². The number of nitrogens with zero attached hydrogens (tertiary/aromatic N) is 5. The van der Waals surface area contributed by atoms with Crippen LogP contribution in [-0.4, -0.2) is 73.1 Å². The molecule has 0 aliphatic carbocycles. The van der Waals surface area contributed by atoms with Crippen molar-refractivity contribution < 1.29 is 14.3 Å². The number of amides is 2. The molecule has 0 saturated carbocycles. The highest BCUT2D eigenvalue weighted by atomic mass is 16.5. The number of rotatable bonds is 6. The van der Waals surface area contributed by atoms with E-state index in [0.29, 0.717) is 32.7 Å². The molecule has 2 aliphatic rings. The SMILES string of the molecule is CCNc1cc(N2CCN(C(=O)C3CC(=O)N(c4ccc(OC)cc4)C3)CC2)nc(C)n1. The van der Waals surface area contributed by atoms with Gasteiger partial charge >= 0.3 is 0 Å². The molecule has 2 saturated heterocycles. The van der Waals surface area contributed by atoms with Crippen LogP contribution in [0.1, 0.15) is 19.2 Å². The molecule has 170 valence electrons. The molecular formula is C23H30N6O3. The number of methoxy groups -OCH3 is 1. The summed E-state index contributed by atoms with van der Waals surface area (Å²) >= 11 is 0. The van der Waals surface area contributed by atoms with Crippen LogP contribution in [0.15, 0.2) is 30.3 Å². The lowest BCUT2D eigenvalue weighted by Crippen LogP contribution is -2.51. The Morgan fingerprint density at radius 3 is 2.53 bits per heavy atom. The fourth-order valence-corrected chi connectivity index (χ4v) is 4.28. The second kappa shape index (κ2) is 9.42. The first-order valence-corrected chi connectivity index (χ1v) is 11.1. The van der Waals surface area contributed by atoms with Crippen LogP contribution in [0.4, 0.5) is 17.3 Å². The highest BCUT2D eigenvalue weighted by Crippen LogP contribution is 2.28. The summed E-state index contributed by atoms with van der Waals surface area (Å²) in [5.74, 6) is 2.89. The van der Waals surface area contributed by atoms with Gasteiger partial charge in [0, 0.05) is 57.4 Å². The lowest BCUT2D eigenvalue weighted by molar-refractivity contribution is -0.136. The van der Waals surface area contributed by atoms with Crippen LogP contribution in [0, 0.1) is 12.8 Å². The largest absolute Gasteiger partial charge is 0.497 e. The normalized spacial score (nSPS) is 18.8. The quantitative estimate of drug-likeness (QED) is 0.737. The molecule has 2 amide bonds. The number of anilines is 3. The molecule has 9 heteroatoms. The second-order valence-corrected chi connectivity index (χ2v) is 8.10. The molecular weight excluding hydrogens is 408 g/mol. The molecule has 1 unspecified atom stereocenters. The summed E-state index contributed by atoms with van der Waals surface area (Å²) in [7, 11) is 1.61. The van der Waals surface area contributed by atoms with Gasteiger partial charge in [-0.3, -0.25) is 9.59 Å². The summed E-state index contributed by atoms with van der Waals surface area (Å²) in [6.07, 6.45) is 0.252. The van der Waals surface area contributed by atoms with Crippen molar-refractivity contribution in [1.29, 1.82) is 0 Å². The van der Waals surface area contributed by atoms with Crippen LogP contribution < -0.4 is 19.9 Å². The van der Waals surface area contributed by atoms with Crippen molar-refractivity contribution in [2.75, 3.05) is 61.5 Å². The standard InChI is InChI=1S/C23H30N6O3/c1-4-24-20-14-21(26-16(2)25-20)27-9-11-28(12-10-27)23(31)17-13-22(30)29(15-17)18-5-7-19(32-3)8-6-18/h5-8,14,17H,4,9-13,15H2,1-3H3,(H,24,25,26). The Morgan fingerprint density at radius 1 is 1.16 bits per heavy atom. The molecule has 32 heavy (non-hydrogen) atoms. The van der Waals surface area contributed by atoms with Gasteiger partial charge in [-0.2, -0.15) is 0 Å². The van der Waals surface area contributed by atoms with Gasteiger partial charge in [0.05, 0.1) is 13.0 Å². The monoisotopic (exact) mass is 438 g/mol. The van der Waals surface area contributed by atoms with E-state index in [1.54, 1.807) is 12.0 Å². The maximum atomic E-state index is 13.1. The number of carbonyl (C=O) groups is 2. The zero-order valence-electron chi connectivity index (χ0n) is 18.9. The fraction of sp³-hybridized carbons (Fsp3) is 0.478. The molecule has 1 aromatic carbocycles. The van der Waals surface area contributed by atoms with Crippen molar-refractivity contribution in [3.05, 3.63) is 36.2 Å².